The van der Waals surface area contributed by atoms with Crippen LogP contribution in [0, 0.1) is 0 Å². The molecule has 1 atom stereocenters. The van der Waals surface area contributed by atoms with E-state index in [0.717, 1.165) is 17.2 Å². The maximum absolute atomic E-state index is 12.1. The summed E-state index contributed by atoms with van der Waals surface area (Å²) in [6.45, 7) is 2.45. The second kappa shape index (κ2) is 4.78. The molecule has 0 amide bonds. The Labute approximate surface area is 105 Å². The topological polar surface area (TPSA) is 60.4 Å². The first kappa shape index (κ1) is 12.6. The summed E-state index contributed by atoms with van der Waals surface area (Å²) in [6.07, 6.45) is 0. The fourth-order valence-electron chi connectivity index (χ4n) is 1.67. The Morgan fingerprint density at radius 2 is 1.78 bits per heavy atom. The molecule has 18 heavy (non-hydrogen) atoms. The molecule has 0 aliphatic heterocycles. The van der Waals surface area contributed by atoms with Gasteiger partial charge in [0.25, 0.3) is 0 Å². The maximum Gasteiger partial charge on any atom is 0.418 e. The molecule has 5 heteroatoms. The minimum absolute atomic E-state index is 0.129. The van der Waals surface area contributed by atoms with Crippen molar-refractivity contribution < 1.29 is 17.9 Å². The number of hydrogen-bond donors (Lipinski definition) is 0. The Morgan fingerprint density at radius 3 is 2.44 bits per heavy atom. The molecule has 2 aromatic rings. The van der Waals surface area contributed by atoms with Crippen LogP contribution in [0.4, 0.5) is 0 Å². The largest absolute Gasteiger partial charge is 0.437 e. The second-order valence-corrected chi connectivity index (χ2v) is 6.05. The van der Waals surface area contributed by atoms with Gasteiger partial charge in [0.2, 0.25) is 15.3 Å². The number of carbonyl (C=O) groups excluding carboxylic acids is 1. The van der Waals surface area contributed by atoms with Gasteiger partial charge in [0, 0.05) is 0 Å². The number of fused-ring (bicyclic) bond motifs is 1. The van der Waals surface area contributed by atoms with Crippen molar-refractivity contribution in [2.75, 3.05) is 0 Å². The number of ether oxygens (including phenoxy) is 1. The Balaban J connectivity index is 2.51. The molecule has 1 radical (unpaired) electrons. The second-order valence-electron chi connectivity index (χ2n) is 3.82. The van der Waals surface area contributed by atoms with Gasteiger partial charge in [0.15, 0.2) is 0 Å². The van der Waals surface area contributed by atoms with E-state index < -0.39 is 15.3 Å². The zero-order valence-corrected chi connectivity index (χ0v) is 10.5. The van der Waals surface area contributed by atoms with Crippen molar-refractivity contribution in [3.63, 3.8) is 0 Å². The van der Waals surface area contributed by atoms with Gasteiger partial charge < -0.3 is 4.74 Å². The van der Waals surface area contributed by atoms with Gasteiger partial charge in [0.05, 0.1) is 4.90 Å². The van der Waals surface area contributed by atoms with Gasteiger partial charge in [-0.25, -0.2) is 13.2 Å². The third-order valence-electron chi connectivity index (χ3n) is 2.70. The van der Waals surface area contributed by atoms with Gasteiger partial charge in [-0.1, -0.05) is 30.3 Å². The van der Waals surface area contributed by atoms with E-state index in [9.17, 15) is 13.2 Å². The third-order valence-corrected chi connectivity index (χ3v) is 4.58. The van der Waals surface area contributed by atoms with E-state index in [0.29, 0.717) is 0 Å². The average molecular weight is 263 g/mol. The molecule has 4 nitrogen and oxygen atoms in total. The minimum atomic E-state index is -3.68. The number of sulfone groups is 1. The molecule has 2 aromatic carbocycles. The summed E-state index contributed by atoms with van der Waals surface area (Å²) < 4.78 is 28.5. The Morgan fingerprint density at radius 1 is 1.11 bits per heavy atom. The summed E-state index contributed by atoms with van der Waals surface area (Å²) in [6, 6.07) is 12.2. The van der Waals surface area contributed by atoms with Gasteiger partial charge in [-0.15, -0.1) is 0 Å². The Hall–Kier alpha value is -1.88. The molecule has 0 saturated carbocycles. The quantitative estimate of drug-likeness (QED) is 0.847. The predicted octanol–water partition coefficient (Wildman–Crippen LogP) is 2.04. The van der Waals surface area contributed by atoms with Crippen LogP contribution < -0.4 is 0 Å². The molecular weight excluding hydrogens is 252 g/mol. The lowest BCUT2D eigenvalue weighted by Gasteiger charge is -2.11. The van der Waals surface area contributed by atoms with Gasteiger partial charge in [-0.3, -0.25) is 0 Å². The summed E-state index contributed by atoms with van der Waals surface area (Å²) in [7, 11) is -3.68. The average Bonchev–Trinajstić information content (AvgIpc) is 2.38. The van der Waals surface area contributed by atoms with Gasteiger partial charge in [-0.05, 0) is 29.8 Å². The molecule has 2 rings (SSSR count). The van der Waals surface area contributed by atoms with E-state index in [4.69, 9.17) is 0 Å². The summed E-state index contributed by atoms with van der Waals surface area (Å²) in [5.74, 6) is 0. The molecule has 0 saturated heterocycles. The molecule has 0 aromatic heterocycles. The van der Waals surface area contributed by atoms with E-state index in [1.54, 1.807) is 12.1 Å². The number of benzene rings is 2. The van der Waals surface area contributed by atoms with Crippen molar-refractivity contribution in [2.24, 2.45) is 0 Å². The van der Waals surface area contributed by atoms with Crippen LogP contribution in [0.2, 0.25) is 0 Å². The number of hydrogen-bond acceptors (Lipinski definition) is 4. The molecular formula is C13H11O4S. The first-order valence-electron chi connectivity index (χ1n) is 5.31. The van der Waals surface area contributed by atoms with Crippen molar-refractivity contribution in [1.29, 1.82) is 0 Å². The zero-order valence-electron chi connectivity index (χ0n) is 9.66. The van der Waals surface area contributed by atoms with Crippen LogP contribution in [-0.2, 0) is 19.4 Å². The van der Waals surface area contributed by atoms with Crippen molar-refractivity contribution in [2.45, 2.75) is 17.3 Å². The molecule has 0 fully saturated rings. The summed E-state index contributed by atoms with van der Waals surface area (Å²) in [5.41, 5.74) is -1.24. The highest BCUT2D eigenvalue weighted by atomic mass is 32.2. The lowest BCUT2D eigenvalue weighted by molar-refractivity contribution is 0.257. The highest BCUT2D eigenvalue weighted by molar-refractivity contribution is 7.91. The smallest absolute Gasteiger partial charge is 0.418 e. The van der Waals surface area contributed by atoms with Crippen molar-refractivity contribution in [3.05, 3.63) is 42.5 Å². The van der Waals surface area contributed by atoms with E-state index in [-0.39, 0.29) is 4.90 Å². The summed E-state index contributed by atoms with van der Waals surface area (Å²) >= 11 is 0. The lowest BCUT2D eigenvalue weighted by Crippen LogP contribution is -2.20. The minimum Gasteiger partial charge on any atom is -0.437 e. The first-order valence-corrected chi connectivity index (χ1v) is 6.86. The monoisotopic (exact) mass is 263 g/mol. The third kappa shape index (κ3) is 2.22. The fourth-order valence-corrected chi connectivity index (χ4v) is 2.77. The standard InChI is InChI=1S/C13H11O4S/c1-10(17-9-14)18(15,16)13-7-6-11-4-2-3-5-12(11)8-13/h2-8,10H,1H3. The molecule has 0 bridgehead atoms. The Kier molecular flexibility index (Phi) is 3.34. The van der Waals surface area contributed by atoms with Crippen molar-refractivity contribution in [1.82, 2.24) is 0 Å². The predicted molar refractivity (Wildman–Crippen MR) is 67.4 cm³/mol. The highest BCUT2D eigenvalue weighted by Gasteiger charge is 2.24. The molecule has 0 aliphatic rings. The maximum atomic E-state index is 12.1. The molecule has 0 aliphatic carbocycles. The van der Waals surface area contributed by atoms with Crippen molar-refractivity contribution >= 4 is 27.1 Å². The molecule has 0 spiro atoms. The van der Waals surface area contributed by atoms with Crippen LogP contribution in [0.1, 0.15) is 6.92 Å². The zero-order chi connectivity index (χ0) is 13.2. The van der Waals surface area contributed by atoms with Crippen LogP contribution >= 0.6 is 0 Å². The van der Waals surface area contributed by atoms with Crippen molar-refractivity contribution in [3.8, 4) is 0 Å². The van der Waals surface area contributed by atoms with E-state index in [1.807, 2.05) is 24.3 Å². The van der Waals surface area contributed by atoms with E-state index in [1.165, 1.54) is 13.0 Å². The summed E-state index contributed by atoms with van der Waals surface area (Å²) in [5, 5.41) is 1.77. The van der Waals surface area contributed by atoms with Crippen LogP contribution in [-0.4, -0.2) is 20.3 Å². The van der Waals surface area contributed by atoms with Crippen LogP contribution in [0.15, 0.2) is 47.4 Å². The molecule has 1 unspecified atom stereocenters. The normalized spacial score (nSPS) is 13.2. The number of rotatable bonds is 4. The highest BCUT2D eigenvalue weighted by Crippen LogP contribution is 2.22. The van der Waals surface area contributed by atoms with Gasteiger partial charge in [0.1, 0.15) is 0 Å². The van der Waals surface area contributed by atoms with Crippen LogP contribution in [0.5, 0.6) is 0 Å². The Bertz CT molecular complexity index is 676. The summed E-state index contributed by atoms with van der Waals surface area (Å²) in [4.78, 5) is 10.2. The lowest BCUT2D eigenvalue weighted by atomic mass is 10.1. The molecule has 0 heterocycles. The van der Waals surface area contributed by atoms with Gasteiger partial charge >= 0.3 is 6.47 Å². The SMILES string of the molecule is CC(O[C]=O)S(=O)(=O)c1ccc2ccccc2c1. The molecule has 93 valence electrons. The van der Waals surface area contributed by atoms with E-state index >= 15 is 0 Å². The fraction of sp³-hybridized carbons (Fsp3) is 0.154. The molecule has 0 N–H and O–H groups in total. The first-order chi connectivity index (χ1) is 8.55. The van der Waals surface area contributed by atoms with E-state index in [2.05, 4.69) is 4.74 Å². The van der Waals surface area contributed by atoms with Gasteiger partial charge in [-0.2, -0.15) is 0 Å². The van der Waals surface area contributed by atoms with Crippen LogP contribution in [0.3, 0.4) is 0 Å². The van der Waals surface area contributed by atoms with Crippen LogP contribution in [0.25, 0.3) is 10.8 Å².